The minimum absolute atomic E-state index is 0.0538. The second kappa shape index (κ2) is 7.57. The SMILES string of the molecule is COc1ccc(C(=O)N2N=C(c3ccc(Cl)cc3)CC2(O)C(F)(F)F)cc1OC. The van der Waals surface area contributed by atoms with Crippen LogP contribution in [0.5, 0.6) is 11.5 Å². The number of benzene rings is 2. The summed E-state index contributed by atoms with van der Waals surface area (Å²) in [7, 11) is 2.70. The van der Waals surface area contributed by atoms with Gasteiger partial charge in [0.1, 0.15) is 0 Å². The van der Waals surface area contributed by atoms with Gasteiger partial charge in [-0.1, -0.05) is 23.7 Å². The molecule has 6 nitrogen and oxygen atoms in total. The molecule has 1 unspecified atom stereocenters. The van der Waals surface area contributed by atoms with Crippen molar-refractivity contribution < 1.29 is 32.5 Å². The number of carbonyl (C=O) groups is 1. The molecule has 154 valence electrons. The van der Waals surface area contributed by atoms with Gasteiger partial charge in [-0.3, -0.25) is 4.79 Å². The number of nitrogens with zero attached hydrogens (tertiary/aromatic N) is 2. The zero-order chi connectivity index (χ0) is 21.4. The molecule has 0 spiro atoms. The molecule has 29 heavy (non-hydrogen) atoms. The number of alkyl halides is 3. The highest BCUT2D eigenvalue weighted by Gasteiger charge is 2.63. The lowest BCUT2D eigenvalue weighted by molar-refractivity contribution is -0.297. The summed E-state index contributed by atoms with van der Waals surface area (Å²) in [5.41, 5.74) is -3.45. The second-order valence-electron chi connectivity index (χ2n) is 6.23. The van der Waals surface area contributed by atoms with E-state index in [1.54, 1.807) is 0 Å². The van der Waals surface area contributed by atoms with E-state index in [-0.39, 0.29) is 22.0 Å². The molecule has 1 atom stereocenters. The average Bonchev–Trinajstić information content (AvgIpc) is 3.06. The largest absolute Gasteiger partial charge is 0.493 e. The van der Waals surface area contributed by atoms with Crippen LogP contribution in [0.2, 0.25) is 5.02 Å². The Hall–Kier alpha value is -2.78. The number of halogens is 4. The molecule has 3 rings (SSSR count). The zero-order valence-corrected chi connectivity index (χ0v) is 16.1. The number of aliphatic hydroxyl groups is 1. The van der Waals surface area contributed by atoms with Crippen LogP contribution < -0.4 is 9.47 Å². The molecule has 0 saturated heterocycles. The van der Waals surface area contributed by atoms with Crippen LogP contribution in [0.4, 0.5) is 13.2 Å². The summed E-state index contributed by atoms with van der Waals surface area (Å²) in [5, 5.41) is 14.7. The summed E-state index contributed by atoms with van der Waals surface area (Å²) in [6.45, 7) is 0. The topological polar surface area (TPSA) is 71.4 Å². The molecule has 0 aliphatic carbocycles. The van der Waals surface area contributed by atoms with Crippen LogP contribution in [0.1, 0.15) is 22.3 Å². The van der Waals surface area contributed by atoms with Gasteiger partial charge < -0.3 is 14.6 Å². The van der Waals surface area contributed by atoms with Crippen LogP contribution in [-0.2, 0) is 0 Å². The lowest BCUT2D eigenvalue weighted by Gasteiger charge is -2.32. The third kappa shape index (κ3) is 3.75. The van der Waals surface area contributed by atoms with E-state index < -0.39 is 24.2 Å². The number of hydrogen-bond donors (Lipinski definition) is 1. The molecule has 1 N–H and O–H groups in total. The molecule has 1 amide bonds. The van der Waals surface area contributed by atoms with Gasteiger partial charge in [-0.25, -0.2) is 0 Å². The summed E-state index contributed by atoms with van der Waals surface area (Å²) >= 11 is 5.80. The molecule has 1 aliphatic rings. The fourth-order valence-electron chi connectivity index (χ4n) is 2.87. The van der Waals surface area contributed by atoms with Gasteiger partial charge >= 0.3 is 6.18 Å². The van der Waals surface area contributed by atoms with Crippen molar-refractivity contribution in [1.29, 1.82) is 0 Å². The summed E-state index contributed by atoms with van der Waals surface area (Å²) in [4.78, 5) is 12.8. The van der Waals surface area contributed by atoms with E-state index in [1.807, 2.05) is 0 Å². The average molecular weight is 429 g/mol. The van der Waals surface area contributed by atoms with Crippen molar-refractivity contribution in [3.63, 3.8) is 0 Å². The fourth-order valence-corrected chi connectivity index (χ4v) is 3.00. The number of ether oxygens (including phenoxy) is 2. The molecule has 1 aliphatic heterocycles. The maximum Gasteiger partial charge on any atom is 0.438 e. The first-order chi connectivity index (χ1) is 13.6. The smallest absolute Gasteiger partial charge is 0.438 e. The van der Waals surface area contributed by atoms with Crippen molar-refractivity contribution >= 4 is 23.2 Å². The zero-order valence-electron chi connectivity index (χ0n) is 15.3. The number of rotatable bonds is 4. The predicted molar refractivity (Wildman–Crippen MR) is 99.3 cm³/mol. The van der Waals surface area contributed by atoms with Crippen LogP contribution in [0.25, 0.3) is 0 Å². The lowest BCUT2D eigenvalue weighted by atomic mass is 10.0. The summed E-state index contributed by atoms with van der Waals surface area (Å²) < 4.78 is 51.3. The first-order valence-corrected chi connectivity index (χ1v) is 8.67. The molecule has 10 heteroatoms. The number of amides is 1. The van der Waals surface area contributed by atoms with Crippen LogP contribution in [0.15, 0.2) is 47.6 Å². The van der Waals surface area contributed by atoms with E-state index in [0.717, 1.165) is 0 Å². The molecule has 2 aromatic carbocycles. The lowest BCUT2D eigenvalue weighted by Crippen LogP contribution is -2.56. The van der Waals surface area contributed by atoms with Gasteiger partial charge in [-0.05, 0) is 35.9 Å². The van der Waals surface area contributed by atoms with Crippen molar-refractivity contribution in [3.05, 3.63) is 58.6 Å². The number of hydrazone groups is 1. The highest BCUT2D eigenvalue weighted by molar-refractivity contribution is 6.30. The number of carbonyl (C=O) groups excluding carboxylic acids is 1. The van der Waals surface area contributed by atoms with Crippen LogP contribution in [0.3, 0.4) is 0 Å². The first-order valence-electron chi connectivity index (χ1n) is 8.30. The van der Waals surface area contributed by atoms with E-state index in [0.29, 0.717) is 16.3 Å². The van der Waals surface area contributed by atoms with Gasteiger partial charge in [0.05, 0.1) is 26.4 Å². The summed E-state index contributed by atoms with van der Waals surface area (Å²) in [6, 6.07) is 9.73. The van der Waals surface area contributed by atoms with Gasteiger partial charge in [0.25, 0.3) is 11.6 Å². The molecular weight excluding hydrogens is 413 g/mol. The van der Waals surface area contributed by atoms with Gasteiger partial charge in [-0.15, -0.1) is 0 Å². The van der Waals surface area contributed by atoms with Crippen molar-refractivity contribution in [2.45, 2.75) is 18.3 Å². The van der Waals surface area contributed by atoms with E-state index in [1.165, 1.54) is 56.7 Å². The Kier molecular flexibility index (Phi) is 5.46. The number of hydrogen-bond acceptors (Lipinski definition) is 5. The third-order valence-corrected chi connectivity index (χ3v) is 4.69. The van der Waals surface area contributed by atoms with Crippen molar-refractivity contribution in [2.24, 2.45) is 5.10 Å². The molecule has 0 aromatic heterocycles. The molecule has 1 heterocycles. The Bertz CT molecular complexity index is 963. The Balaban J connectivity index is 2.05. The van der Waals surface area contributed by atoms with E-state index >= 15 is 0 Å². The van der Waals surface area contributed by atoms with Crippen LogP contribution in [0, 0.1) is 0 Å². The normalized spacial score (nSPS) is 19.1. The monoisotopic (exact) mass is 428 g/mol. The minimum Gasteiger partial charge on any atom is -0.493 e. The Morgan fingerprint density at radius 3 is 2.31 bits per heavy atom. The maximum absolute atomic E-state index is 13.7. The highest BCUT2D eigenvalue weighted by Crippen LogP contribution is 2.42. The van der Waals surface area contributed by atoms with E-state index in [2.05, 4.69) is 5.10 Å². The van der Waals surface area contributed by atoms with E-state index in [4.69, 9.17) is 21.1 Å². The van der Waals surface area contributed by atoms with Gasteiger partial charge in [0, 0.05) is 10.6 Å². The number of methoxy groups -OCH3 is 2. The standard InChI is InChI=1S/C19H16ClF3N2O4/c1-28-15-8-5-12(9-16(15)29-2)17(26)25-18(27,19(21,22)23)10-14(24-25)11-3-6-13(20)7-4-11/h3-9,27H,10H2,1-2H3. The molecule has 0 fully saturated rings. The molecular formula is C19H16ClF3N2O4. The Morgan fingerprint density at radius 2 is 1.76 bits per heavy atom. The van der Waals surface area contributed by atoms with Crippen LogP contribution in [-0.4, -0.2) is 47.9 Å². The predicted octanol–water partition coefficient (Wildman–Crippen LogP) is 3.86. The highest BCUT2D eigenvalue weighted by atomic mass is 35.5. The van der Waals surface area contributed by atoms with Gasteiger partial charge in [0.15, 0.2) is 11.5 Å². The summed E-state index contributed by atoms with van der Waals surface area (Å²) in [6.07, 6.45) is -6.06. The molecule has 0 saturated carbocycles. The minimum atomic E-state index is -5.14. The van der Waals surface area contributed by atoms with Crippen molar-refractivity contribution in [2.75, 3.05) is 14.2 Å². The third-order valence-electron chi connectivity index (χ3n) is 4.44. The first kappa shape index (κ1) is 20.9. The molecule has 0 radical (unpaired) electrons. The second-order valence-corrected chi connectivity index (χ2v) is 6.67. The summed E-state index contributed by atoms with van der Waals surface area (Å²) in [5.74, 6) is -0.702. The quantitative estimate of drug-likeness (QED) is 0.802. The Morgan fingerprint density at radius 1 is 1.14 bits per heavy atom. The van der Waals surface area contributed by atoms with Crippen molar-refractivity contribution in [1.82, 2.24) is 5.01 Å². The molecule has 2 aromatic rings. The Labute approximate surface area is 169 Å². The van der Waals surface area contributed by atoms with Crippen LogP contribution >= 0.6 is 11.6 Å². The van der Waals surface area contributed by atoms with E-state index in [9.17, 15) is 23.1 Å². The van der Waals surface area contributed by atoms with Gasteiger partial charge in [0.2, 0.25) is 0 Å². The fraction of sp³-hybridized carbons (Fsp3) is 0.263. The maximum atomic E-state index is 13.7. The molecule has 0 bridgehead atoms. The van der Waals surface area contributed by atoms with Gasteiger partial charge in [-0.2, -0.15) is 23.3 Å². The van der Waals surface area contributed by atoms with Crippen molar-refractivity contribution in [3.8, 4) is 11.5 Å².